The molecule has 2 heteroatoms. The molecule has 3 fully saturated rings. The van der Waals surface area contributed by atoms with Crippen molar-refractivity contribution < 1.29 is 5.11 Å². The summed E-state index contributed by atoms with van der Waals surface area (Å²) in [5.41, 5.74) is 0. The summed E-state index contributed by atoms with van der Waals surface area (Å²) < 4.78 is 0. The number of rotatable bonds is 0. The summed E-state index contributed by atoms with van der Waals surface area (Å²) in [7, 11) is 0. The van der Waals surface area contributed by atoms with Gasteiger partial charge in [-0.15, -0.1) is 0 Å². The molecule has 1 heterocycles. The highest BCUT2D eigenvalue weighted by Crippen LogP contribution is 2.53. The van der Waals surface area contributed by atoms with Crippen molar-refractivity contribution in [1.29, 1.82) is 0 Å². The van der Waals surface area contributed by atoms with Gasteiger partial charge in [0.25, 0.3) is 0 Å². The fourth-order valence-electron chi connectivity index (χ4n) is 3.64. The first-order chi connectivity index (χ1) is 5.38. The zero-order valence-corrected chi connectivity index (χ0v) is 6.66. The Morgan fingerprint density at radius 3 is 2.00 bits per heavy atom. The molecule has 2 bridgehead atoms. The maximum atomic E-state index is 9.81. The van der Waals surface area contributed by atoms with E-state index >= 15 is 0 Å². The summed E-state index contributed by atoms with van der Waals surface area (Å²) in [6, 6.07) is 0. The number of nitrogens with one attached hydrogen (secondary N) is 1. The first kappa shape index (κ1) is 6.44. The minimum absolute atomic E-state index is 0.0621. The molecule has 0 unspecified atom stereocenters. The Kier molecular flexibility index (Phi) is 1.16. The number of hydrogen-bond donors (Lipinski definition) is 2. The third-order valence-electron chi connectivity index (χ3n) is 4.12. The van der Waals surface area contributed by atoms with Crippen LogP contribution in [-0.4, -0.2) is 24.3 Å². The van der Waals surface area contributed by atoms with Crippen LogP contribution < -0.4 is 5.32 Å². The van der Waals surface area contributed by atoms with Gasteiger partial charge in [-0.25, -0.2) is 0 Å². The maximum Gasteiger partial charge on any atom is 0.0603 e. The van der Waals surface area contributed by atoms with Crippen molar-refractivity contribution in [3.63, 3.8) is 0 Å². The van der Waals surface area contributed by atoms with Crippen LogP contribution in [-0.2, 0) is 0 Å². The van der Waals surface area contributed by atoms with Gasteiger partial charge in [0.2, 0.25) is 0 Å². The smallest absolute Gasteiger partial charge is 0.0603 e. The van der Waals surface area contributed by atoms with Crippen LogP contribution >= 0.6 is 0 Å². The van der Waals surface area contributed by atoms with E-state index in [0.717, 1.165) is 11.8 Å². The number of aliphatic hydroxyl groups is 1. The average molecular weight is 153 g/mol. The molecule has 3 rings (SSSR count). The van der Waals surface area contributed by atoms with Gasteiger partial charge in [0.05, 0.1) is 6.10 Å². The molecule has 0 spiro atoms. The van der Waals surface area contributed by atoms with Gasteiger partial charge in [-0.2, -0.15) is 0 Å². The molecule has 1 aliphatic heterocycles. The van der Waals surface area contributed by atoms with Crippen LogP contribution in [0.5, 0.6) is 0 Å². The molecule has 0 radical (unpaired) electrons. The summed E-state index contributed by atoms with van der Waals surface area (Å²) >= 11 is 0. The highest BCUT2D eigenvalue weighted by Gasteiger charge is 2.55. The van der Waals surface area contributed by atoms with Gasteiger partial charge < -0.3 is 10.4 Å². The van der Waals surface area contributed by atoms with Gasteiger partial charge in [0.1, 0.15) is 0 Å². The normalized spacial score (nSPS) is 60.3. The second-order valence-electron chi connectivity index (χ2n) is 4.38. The van der Waals surface area contributed by atoms with E-state index in [1.54, 1.807) is 0 Å². The van der Waals surface area contributed by atoms with Gasteiger partial charge >= 0.3 is 0 Å². The van der Waals surface area contributed by atoms with Crippen molar-refractivity contribution in [3.8, 4) is 0 Å². The minimum Gasteiger partial charge on any atom is -0.393 e. The maximum absolute atomic E-state index is 9.81. The lowest BCUT2D eigenvalue weighted by atomic mass is 9.82. The lowest BCUT2D eigenvalue weighted by Crippen LogP contribution is -2.21. The first-order valence-corrected chi connectivity index (χ1v) is 4.76. The van der Waals surface area contributed by atoms with Crippen molar-refractivity contribution in [2.75, 3.05) is 13.1 Å². The minimum atomic E-state index is 0.0621. The van der Waals surface area contributed by atoms with E-state index in [4.69, 9.17) is 0 Å². The lowest BCUT2D eigenvalue weighted by Gasteiger charge is -2.21. The van der Waals surface area contributed by atoms with Crippen molar-refractivity contribution in [2.24, 2.45) is 23.7 Å². The number of fused-ring (bicyclic) bond motifs is 5. The van der Waals surface area contributed by atoms with Crippen LogP contribution in [0.3, 0.4) is 0 Å². The molecular weight excluding hydrogens is 138 g/mol. The average Bonchev–Trinajstić information content (AvgIpc) is 2.61. The van der Waals surface area contributed by atoms with Crippen LogP contribution in [0.2, 0.25) is 0 Å². The Bertz CT molecular complexity index is 155. The fourth-order valence-corrected chi connectivity index (χ4v) is 3.64. The highest BCUT2D eigenvalue weighted by atomic mass is 16.3. The third kappa shape index (κ3) is 0.651. The molecule has 2 N–H and O–H groups in total. The van der Waals surface area contributed by atoms with Crippen LogP contribution in [0.4, 0.5) is 0 Å². The molecule has 0 aromatic rings. The Hall–Kier alpha value is -0.0800. The Labute approximate surface area is 67.0 Å². The molecule has 0 amide bonds. The van der Waals surface area contributed by atoms with Crippen LogP contribution in [0.15, 0.2) is 0 Å². The molecule has 4 atom stereocenters. The molecular formula is C9H15NO. The summed E-state index contributed by atoms with van der Waals surface area (Å²) in [6.45, 7) is 2.34. The van der Waals surface area contributed by atoms with Crippen molar-refractivity contribution >= 4 is 0 Å². The molecule has 11 heavy (non-hydrogen) atoms. The molecule has 62 valence electrons. The van der Waals surface area contributed by atoms with E-state index in [9.17, 15) is 5.11 Å². The summed E-state index contributed by atoms with van der Waals surface area (Å²) in [6.07, 6.45) is 2.63. The molecule has 1 saturated heterocycles. The Balaban J connectivity index is 1.94. The van der Waals surface area contributed by atoms with Gasteiger partial charge in [-0.1, -0.05) is 0 Å². The Morgan fingerprint density at radius 2 is 1.45 bits per heavy atom. The van der Waals surface area contributed by atoms with E-state index < -0.39 is 0 Å². The monoisotopic (exact) mass is 153 g/mol. The van der Waals surface area contributed by atoms with Crippen molar-refractivity contribution in [3.05, 3.63) is 0 Å². The van der Waals surface area contributed by atoms with Gasteiger partial charge in [0.15, 0.2) is 0 Å². The topological polar surface area (TPSA) is 32.3 Å². The van der Waals surface area contributed by atoms with Crippen molar-refractivity contribution in [2.45, 2.75) is 18.9 Å². The third-order valence-corrected chi connectivity index (χ3v) is 4.12. The predicted octanol–water partition coefficient (Wildman–Crippen LogP) is 0.223. The molecule has 2 nitrogen and oxygen atoms in total. The van der Waals surface area contributed by atoms with Gasteiger partial charge in [-0.3, -0.25) is 0 Å². The molecule has 0 aromatic heterocycles. The van der Waals surface area contributed by atoms with Crippen LogP contribution in [0.1, 0.15) is 12.8 Å². The van der Waals surface area contributed by atoms with Crippen molar-refractivity contribution in [1.82, 2.24) is 5.32 Å². The standard InChI is InChI=1S/C9H15NO/c11-9-5-1-2-6(9)8-4-10-3-7(5)8/h5-11H,1-4H2/t5-,6-,7+,8+/m0/s1. The van der Waals surface area contributed by atoms with E-state index in [1.165, 1.54) is 25.9 Å². The Morgan fingerprint density at radius 1 is 0.909 bits per heavy atom. The summed E-state index contributed by atoms with van der Waals surface area (Å²) in [5.74, 6) is 2.95. The van der Waals surface area contributed by atoms with E-state index in [2.05, 4.69) is 5.32 Å². The van der Waals surface area contributed by atoms with E-state index in [0.29, 0.717) is 11.8 Å². The predicted molar refractivity (Wildman–Crippen MR) is 42.1 cm³/mol. The molecule has 3 aliphatic rings. The zero-order chi connectivity index (χ0) is 7.42. The number of hydrogen-bond acceptors (Lipinski definition) is 2. The molecule has 2 saturated carbocycles. The van der Waals surface area contributed by atoms with Crippen LogP contribution in [0, 0.1) is 23.7 Å². The molecule has 2 aliphatic carbocycles. The zero-order valence-electron chi connectivity index (χ0n) is 6.66. The molecule has 0 aromatic carbocycles. The second-order valence-corrected chi connectivity index (χ2v) is 4.38. The summed E-state index contributed by atoms with van der Waals surface area (Å²) in [5, 5.41) is 13.2. The van der Waals surface area contributed by atoms with E-state index in [1.807, 2.05) is 0 Å². The SMILES string of the molecule is OC1[C@H]2CC[C@H]1[C@H]1CNC[C@@H]12. The lowest BCUT2D eigenvalue weighted by molar-refractivity contribution is 0.115. The first-order valence-electron chi connectivity index (χ1n) is 4.76. The largest absolute Gasteiger partial charge is 0.393 e. The van der Waals surface area contributed by atoms with Gasteiger partial charge in [-0.05, 0) is 49.6 Å². The van der Waals surface area contributed by atoms with E-state index in [-0.39, 0.29) is 6.10 Å². The number of aliphatic hydroxyl groups excluding tert-OH is 1. The highest BCUT2D eigenvalue weighted by molar-refractivity contribution is 5.06. The summed E-state index contributed by atoms with van der Waals surface area (Å²) in [4.78, 5) is 0. The quantitative estimate of drug-likeness (QED) is 0.522. The second kappa shape index (κ2) is 1.99. The van der Waals surface area contributed by atoms with Crippen LogP contribution in [0.25, 0.3) is 0 Å². The van der Waals surface area contributed by atoms with Gasteiger partial charge in [0, 0.05) is 0 Å². The fraction of sp³-hybridized carbons (Fsp3) is 1.00.